The zero-order chi connectivity index (χ0) is 35.9. The largest absolute Gasteiger partial charge is 0.309 e. The fourth-order valence-electron chi connectivity index (χ4n) is 9.45. The normalized spacial score (nSPS) is 18.8. The van der Waals surface area contributed by atoms with Gasteiger partial charge in [-0.05, 0) is 122 Å². The van der Waals surface area contributed by atoms with Gasteiger partial charge in [0.2, 0.25) is 0 Å². The Hall–Kier alpha value is -5.73. The average molecular weight is 685 g/mol. The molecule has 1 aromatic heterocycles. The predicted octanol–water partition coefficient (Wildman–Crippen LogP) is 13.3. The summed E-state index contributed by atoms with van der Waals surface area (Å²) in [5.41, 5.74) is 14.2. The molecule has 0 fully saturated rings. The molecule has 1 aliphatic carbocycles. The lowest BCUT2D eigenvalue weighted by atomic mass is 9.55. The molecule has 1 aliphatic heterocycles. The van der Waals surface area contributed by atoms with Crippen molar-refractivity contribution in [2.75, 3.05) is 0 Å². The van der Waals surface area contributed by atoms with Crippen molar-refractivity contribution in [3.05, 3.63) is 186 Å². The molecule has 0 saturated heterocycles. The Morgan fingerprint density at radius 3 is 1.92 bits per heavy atom. The molecule has 0 saturated carbocycles. The highest BCUT2D eigenvalue weighted by Crippen LogP contribution is 2.56. The van der Waals surface area contributed by atoms with Gasteiger partial charge in [0.25, 0.3) is 0 Å². The van der Waals surface area contributed by atoms with Gasteiger partial charge in [-0.1, -0.05) is 143 Å². The van der Waals surface area contributed by atoms with Gasteiger partial charge < -0.3 is 4.57 Å². The average Bonchev–Trinajstić information content (AvgIpc) is 3.53. The van der Waals surface area contributed by atoms with Crippen LogP contribution in [0.5, 0.6) is 0 Å². The molecule has 0 radical (unpaired) electrons. The topological polar surface area (TPSA) is 17.3 Å². The molecule has 2 heteroatoms. The van der Waals surface area contributed by atoms with Gasteiger partial charge in [0.1, 0.15) is 0 Å². The second kappa shape index (κ2) is 11.9. The second-order valence-electron chi connectivity index (χ2n) is 16.4. The molecule has 8 aromatic rings. The maximum absolute atomic E-state index is 5.36. The van der Waals surface area contributed by atoms with Crippen molar-refractivity contribution in [2.45, 2.75) is 63.3 Å². The van der Waals surface area contributed by atoms with E-state index >= 15 is 0 Å². The molecule has 2 nitrogen and oxygen atoms in total. The summed E-state index contributed by atoms with van der Waals surface area (Å²) in [4.78, 5) is 5.36. The minimum Gasteiger partial charge on any atom is -0.309 e. The van der Waals surface area contributed by atoms with Crippen molar-refractivity contribution in [1.29, 1.82) is 0 Å². The van der Waals surface area contributed by atoms with E-state index in [-0.39, 0.29) is 16.9 Å². The molecular weight excluding hydrogens is 641 g/mol. The van der Waals surface area contributed by atoms with E-state index in [1.165, 1.54) is 82.9 Å². The highest BCUT2D eigenvalue weighted by molar-refractivity contribution is 6.11. The van der Waals surface area contributed by atoms with Crippen LogP contribution in [-0.2, 0) is 10.8 Å². The second-order valence-corrected chi connectivity index (χ2v) is 16.4. The van der Waals surface area contributed by atoms with Crippen LogP contribution in [-0.4, -0.2) is 10.3 Å². The van der Waals surface area contributed by atoms with Crippen LogP contribution in [0.15, 0.2) is 163 Å². The number of hydrogen-bond donors (Lipinski definition) is 0. The standard InChI is InChI=1S/C51H44N2/c1-50(2)44-28-37-21-12-11-20-36(37)27-41(44)42-31-43-40-24-13-14-25-48(40)53(49(43)32-45(42)51(50,3)4)39-23-15-22-35(26-39)38-29-46(33-16-7-5-8-17-33)52-47(30-38)34-18-9-6-10-19-34/h5-28,31-32,38,46H,29-30H2,1-4H3. The number of hydrogen-bond acceptors (Lipinski definition) is 1. The number of aromatic nitrogens is 1. The number of fused-ring (bicyclic) bond motifs is 7. The number of nitrogens with zero attached hydrogens (tertiary/aromatic N) is 2. The van der Waals surface area contributed by atoms with Crippen LogP contribution in [0, 0.1) is 0 Å². The number of rotatable bonds is 4. The van der Waals surface area contributed by atoms with E-state index in [1.807, 2.05) is 0 Å². The number of para-hydroxylation sites is 1. The highest BCUT2D eigenvalue weighted by atomic mass is 15.0. The van der Waals surface area contributed by atoms with E-state index in [9.17, 15) is 0 Å². The summed E-state index contributed by atoms with van der Waals surface area (Å²) in [5.74, 6) is 0.347. The molecule has 0 bridgehead atoms. The minimum atomic E-state index is -0.100. The van der Waals surface area contributed by atoms with Crippen LogP contribution >= 0.6 is 0 Å². The van der Waals surface area contributed by atoms with Crippen LogP contribution in [0.1, 0.15) is 80.3 Å². The summed E-state index contributed by atoms with van der Waals surface area (Å²) in [6.45, 7) is 9.77. The monoisotopic (exact) mass is 684 g/mol. The third kappa shape index (κ3) is 4.96. The molecule has 2 unspecified atom stereocenters. The molecule has 7 aromatic carbocycles. The first kappa shape index (κ1) is 32.0. The van der Waals surface area contributed by atoms with Gasteiger partial charge in [0, 0.05) is 22.2 Å². The molecule has 10 rings (SSSR count). The Morgan fingerprint density at radius 2 is 1.15 bits per heavy atom. The first-order valence-corrected chi connectivity index (χ1v) is 19.2. The number of aliphatic imine (C=N–C) groups is 1. The van der Waals surface area contributed by atoms with Crippen LogP contribution in [0.3, 0.4) is 0 Å². The first-order valence-electron chi connectivity index (χ1n) is 19.2. The Bertz CT molecular complexity index is 2730. The van der Waals surface area contributed by atoms with Gasteiger partial charge in [-0.25, -0.2) is 0 Å². The van der Waals surface area contributed by atoms with Crippen LogP contribution in [0.25, 0.3) is 49.4 Å². The van der Waals surface area contributed by atoms with E-state index in [2.05, 4.69) is 190 Å². The molecule has 0 N–H and O–H groups in total. The molecule has 2 aliphatic rings. The lowest BCUT2D eigenvalue weighted by Crippen LogP contribution is -2.43. The highest BCUT2D eigenvalue weighted by Gasteiger charge is 2.46. The molecule has 0 amide bonds. The Morgan fingerprint density at radius 1 is 0.528 bits per heavy atom. The van der Waals surface area contributed by atoms with Gasteiger partial charge >= 0.3 is 0 Å². The van der Waals surface area contributed by atoms with Gasteiger partial charge in [0.15, 0.2) is 0 Å². The zero-order valence-corrected chi connectivity index (χ0v) is 31.0. The van der Waals surface area contributed by atoms with Gasteiger partial charge in [-0.15, -0.1) is 0 Å². The van der Waals surface area contributed by atoms with E-state index < -0.39 is 0 Å². The van der Waals surface area contributed by atoms with Gasteiger partial charge in [0.05, 0.1) is 17.1 Å². The Labute approximate surface area is 312 Å². The van der Waals surface area contributed by atoms with E-state index in [4.69, 9.17) is 4.99 Å². The van der Waals surface area contributed by atoms with E-state index in [1.54, 1.807) is 0 Å². The number of benzene rings is 7. The smallest absolute Gasteiger partial charge is 0.0758 e. The summed E-state index contributed by atoms with van der Waals surface area (Å²) in [7, 11) is 0. The molecule has 2 heterocycles. The van der Waals surface area contributed by atoms with Gasteiger partial charge in [-0.3, -0.25) is 4.99 Å². The lowest BCUT2D eigenvalue weighted by Gasteiger charge is -2.48. The molecule has 2 atom stereocenters. The molecular formula is C51H44N2. The first-order chi connectivity index (χ1) is 25.8. The van der Waals surface area contributed by atoms with Crippen molar-refractivity contribution in [1.82, 2.24) is 4.57 Å². The third-order valence-corrected chi connectivity index (χ3v) is 13.0. The van der Waals surface area contributed by atoms with E-state index in [0.717, 1.165) is 12.8 Å². The maximum atomic E-state index is 5.36. The van der Waals surface area contributed by atoms with Crippen molar-refractivity contribution >= 4 is 38.3 Å². The fourth-order valence-corrected chi connectivity index (χ4v) is 9.45. The predicted molar refractivity (Wildman–Crippen MR) is 224 cm³/mol. The zero-order valence-electron chi connectivity index (χ0n) is 31.0. The summed E-state index contributed by atoms with van der Waals surface area (Å²) in [5, 5.41) is 5.21. The van der Waals surface area contributed by atoms with Crippen LogP contribution in [0.2, 0.25) is 0 Å². The molecule has 53 heavy (non-hydrogen) atoms. The van der Waals surface area contributed by atoms with Crippen LogP contribution < -0.4 is 0 Å². The summed E-state index contributed by atoms with van der Waals surface area (Å²) < 4.78 is 2.52. The Kier molecular flexibility index (Phi) is 7.18. The fraction of sp³-hybridized carbons (Fsp3) is 0.196. The third-order valence-electron chi connectivity index (χ3n) is 13.0. The van der Waals surface area contributed by atoms with Crippen LogP contribution in [0.4, 0.5) is 0 Å². The van der Waals surface area contributed by atoms with Crippen molar-refractivity contribution in [3.63, 3.8) is 0 Å². The van der Waals surface area contributed by atoms with E-state index in [0.29, 0.717) is 5.92 Å². The summed E-state index contributed by atoms with van der Waals surface area (Å²) in [6, 6.07) is 58.8. The minimum absolute atomic E-state index is 0.0713. The molecule has 0 spiro atoms. The summed E-state index contributed by atoms with van der Waals surface area (Å²) >= 11 is 0. The van der Waals surface area contributed by atoms with Crippen molar-refractivity contribution in [2.24, 2.45) is 4.99 Å². The molecule has 258 valence electrons. The van der Waals surface area contributed by atoms with Crippen molar-refractivity contribution < 1.29 is 0 Å². The summed E-state index contributed by atoms with van der Waals surface area (Å²) in [6.07, 6.45) is 1.91. The lowest BCUT2D eigenvalue weighted by molar-refractivity contribution is 0.299. The Balaban J connectivity index is 1.15. The maximum Gasteiger partial charge on any atom is 0.0758 e. The SMILES string of the molecule is CC1(C)c2cc3ccccc3cc2-c2cc3c4ccccc4n(-c4cccc(C5CC(c6ccccc6)=NC(c6ccccc6)C5)c4)c3cc2C1(C)C. The van der Waals surface area contributed by atoms with Gasteiger partial charge in [-0.2, -0.15) is 0 Å². The quantitative estimate of drug-likeness (QED) is 0.176. The van der Waals surface area contributed by atoms with Crippen molar-refractivity contribution in [3.8, 4) is 16.8 Å².